The van der Waals surface area contributed by atoms with E-state index in [2.05, 4.69) is 0 Å². The van der Waals surface area contributed by atoms with Gasteiger partial charge in [0.2, 0.25) is 7.37 Å². The van der Waals surface area contributed by atoms with Gasteiger partial charge in [-0.2, -0.15) is 0 Å². The number of aliphatic carboxylic acids is 1. The van der Waals surface area contributed by atoms with Crippen LogP contribution in [0.4, 0.5) is 0 Å². The van der Waals surface area contributed by atoms with Crippen LogP contribution in [0.3, 0.4) is 0 Å². The summed E-state index contributed by atoms with van der Waals surface area (Å²) in [6.45, 7) is 1.52. The zero-order chi connectivity index (χ0) is 18.8. The van der Waals surface area contributed by atoms with Gasteiger partial charge in [-0.3, -0.25) is 9.36 Å². The molecule has 3 rings (SSSR count). The lowest BCUT2D eigenvalue weighted by Crippen LogP contribution is -2.36. The van der Waals surface area contributed by atoms with Crippen LogP contribution in [0.5, 0.6) is 0 Å². The molecular formula is C21H21O4P. The van der Waals surface area contributed by atoms with Gasteiger partial charge in [0.25, 0.3) is 0 Å². The van der Waals surface area contributed by atoms with Gasteiger partial charge in [-0.15, -0.1) is 0 Å². The van der Waals surface area contributed by atoms with Crippen molar-refractivity contribution >= 4 is 24.1 Å². The van der Waals surface area contributed by atoms with E-state index in [1.165, 1.54) is 6.92 Å². The Morgan fingerprint density at radius 3 is 2.23 bits per heavy atom. The van der Waals surface area contributed by atoms with Crippen LogP contribution < -0.4 is 0 Å². The van der Waals surface area contributed by atoms with E-state index >= 15 is 0 Å². The first kappa shape index (κ1) is 18.4. The second-order valence-electron chi connectivity index (χ2n) is 6.85. The molecule has 0 spiro atoms. The predicted octanol–water partition coefficient (Wildman–Crippen LogP) is 4.65. The number of hydrogen-bond acceptors (Lipinski definition) is 2. The Bertz CT molecular complexity index is 983. The van der Waals surface area contributed by atoms with E-state index < -0.39 is 18.8 Å². The molecule has 26 heavy (non-hydrogen) atoms. The summed E-state index contributed by atoms with van der Waals surface area (Å²) in [5.74, 6) is -1.10. The van der Waals surface area contributed by atoms with Gasteiger partial charge in [-0.05, 0) is 34.9 Å². The molecule has 0 aliphatic carbocycles. The lowest BCUT2D eigenvalue weighted by molar-refractivity contribution is -0.142. The van der Waals surface area contributed by atoms with Crippen LogP contribution in [0.15, 0.2) is 72.8 Å². The molecule has 2 unspecified atom stereocenters. The summed E-state index contributed by atoms with van der Waals surface area (Å²) >= 11 is 0. The standard InChI is InChI=1S/C21H21O4P/c1-21(20(22)23,15-26(24,25)14-16-7-3-2-4-8-16)19-12-11-17-9-5-6-10-18(17)13-19/h2-13H,14-15H2,1H3,(H,22,23)(H,24,25). The molecule has 2 N–H and O–H groups in total. The second-order valence-corrected chi connectivity index (χ2v) is 9.17. The topological polar surface area (TPSA) is 74.6 Å². The van der Waals surface area contributed by atoms with Crippen molar-refractivity contribution < 1.29 is 19.4 Å². The Hall–Kier alpha value is -2.42. The van der Waals surface area contributed by atoms with Crippen LogP contribution in [-0.2, 0) is 20.9 Å². The molecule has 0 aromatic heterocycles. The highest BCUT2D eigenvalue weighted by Crippen LogP contribution is 2.50. The van der Waals surface area contributed by atoms with E-state index in [0.29, 0.717) is 5.56 Å². The molecule has 0 bridgehead atoms. The third kappa shape index (κ3) is 3.87. The molecule has 0 aliphatic rings. The fraction of sp³-hybridized carbons (Fsp3) is 0.190. The average molecular weight is 368 g/mol. The number of benzene rings is 3. The fourth-order valence-electron chi connectivity index (χ4n) is 3.23. The molecule has 0 radical (unpaired) electrons. The molecule has 4 nitrogen and oxygen atoms in total. The summed E-state index contributed by atoms with van der Waals surface area (Å²) in [5, 5.41) is 11.8. The predicted molar refractivity (Wildman–Crippen MR) is 104 cm³/mol. The number of hydrogen-bond donors (Lipinski definition) is 2. The molecule has 3 aromatic rings. The van der Waals surface area contributed by atoms with Crippen molar-refractivity contribution in [1.82, 2.24) is 0 Å². The van der Waals surface area contributed by atoms with Gasteiger partial charge in [-0.1, -0.05) is 66.7 Å². The van der Waals surface area contributed by atoms with Crippen LogP contribution in [-0.4, -0.2) is 22.1 Å². The van der Waals surface area contributed by atoms with Gasteiger partial charge < -0.3 is 10.00 Å². The molecule has 0 saturated carbocycles. The van der Waals surface area contributed by atoms with Gasteiger partial charge in [0.05, 0.1) is 5.41 Å². The monoisotopic (exact) mass is 368 g/mol. The van der Waals surface area contributed by atoms with E-state index in [1.807, 2.05) is 36.4 Å². The first-order valence-corrected chi connectivity index (χ1v) is 10.4. The molecule has 2 atom stereocenters. The Kier molecular flexibility index (Phi) is 4.99. The first-order valence-electron chi connectivity index (χ1n) is 8.38. The summed E-state index contributed by atoms with van der Waals surface area (Å²) in [6, 6.07) is 22.0. The van der Waals surface area contributed by atoms with E-state index in [4.69, 9.17) is 0 Å². The van der Waals surface area contributed by atoms with Gasteiger partial charge >= 0.3 is 5.97 Å². The molecular weight excluding hydrogens is 347 g/mol. The van der Waals surface area contributed by atoms with Gasteiger partial charge in [0, 0.05) is 12.3 Å². The Labute approximate surface area is 152 Å². The molecule has 0 fully saturated rings. The highest BCUT2D eigenvalue weighted by Gasteiger charge is 2.41. The van der Waals surface area contributed by atoms with E-state index in [0.717, 1.165) is 16.3 Å². The quantitative estimate of drug-likeness (QED) is 0.621. The van der Waals surface area contributed by atoms with Crippen LogP contribution >= 0.6 is 7.37 Å². The molecule has 5 heteroatoms. The smallest absolute Gasteiger partial charge is 0.314 e. The minimum absolute atomic E-state index is 0.0374. The lowest BCUT2D eigenvalue weighted by Gasteiger charge is -2.28. The van der Waals surface area contributed by atoms with Gasteiger partial charge in [0.1, 0.15) is 0 Å². The van der Waals surface area contributed by atoms with Crippen LogP contribution in [0.1, 0.15) is 18.1 Å². The minimum Gasteiger partial charge on any atom is -0.481 e. The molecule has 134 valence electrons. The van der Waals surface area contributed by atoms with Crippen molar-refractivity contribution in [2.24, 2.45) is 0 Å². The zero-order valence-corrected chi connectivity index (χ0v) is 15.4. The van der Waals surface area contributed by atoms with Crippen molar-refractivity contribution in [3.63, 3.8) is 0 Å². The summed E-state index contributed by atoms with van der Waals surface area (Å²) in [6.07, 6.45) is -0.354. The zero-order valence-electron chi connectivity index (χ0n) is 14.5. The number of carboxylic acid groups (broad SMARTS) is 1. The van der Waals surface area contributed by atoms with Gasteiger partial charge in [-0.25, -0.2) is 0 Å². The van der Waals surface area contributed by atoms with Crippen molar-refractivity contribution in [3.05, 3.63) is 83.9 Å². The SMILES string of the molecule is CC(CP(=O)(O)Cc1ccccc1)(C(=O)O)c1ccc2ccccc2c1. The maximum absolute atomic E-state index is 12.8. The molecule has 0 saturated heterocycles. The normalized spacial score (nSPS) is 15.9. The molecule has 3 aromatic carbocycles. The van der Waals surface area contributed by atoms with Crippen LogP contribution in [0.25, 0.3) is 10.8 Å². The number of rotatable bonds is 6. The Balaban J connectivity index is 1.96. The molecule has 0 heterocycles. The number of fused-ring (bicyclic) bond motifs is 1. The largest absolute Gasteiger partial charge is 0.481 e. The summed E-state index contributed by atoms with van der Waals surface area (Å²) in [7, 11) is -3.70. The van der Waals surface area contributed by atoms with E-state index in [-0.39, 0.29) is 12.3 Å². The van der Waals surface area contributed by atoms with Crippen LogP contribution in [0.2, 0.25) is 0 Å². The van der Waals surface area contributed by atoms with Crippen molar-refractivity contribution in [2.45, 2.75) is 18.5 Å². The highest BCUT2D eigenvalue weighted by molar-refractivity contribution is 7.57. The summed E-state index contributed by atoms with van der Waals surface area (Å²) in [4.78, 5) is 22.6. The van der Waals surface area contributed by atoms with Gasteiger partial charge in [0.15, 0.2) is 0 Å². The second kappa shape index (κ2) is 7.06. The van der Waals surface area contributed by atoms with Crippen molar-refractivity contribution in [2.75, 3.05) is 6.16 Å². The van der Waals surface area contributed by atoms with E-state index in [1.54, 1.807) is 36.4 Å². The summed E-state index contributed by atoms with van der Waals surface area (Å²) in [5.41, 5.74) is -0.182. The highest BCUT2D eigenvalue weighted by atomic mass is 31.2. The maximum atomic E-state index is 12.8. The average Bonchev–Trinajstić information content (AvgIpc) is 2.61. The number of carboxylic acids is 1. The maximum Gasteiger partial charge on any atom is 0.314 e. The van der Waals surface area contributed by atoms with Crippen molar-refractivity contribution in [1.29, 1.82) is 0 Å². The molecule has 0 aliphatic heterocycles. The first-order chi connectivity index (χ1) is 12.3. The third-order valence-electron chi connectivity index (χ3n) is 4.69. The summed E-state index contributed by atoms with van der Waals surface area (Å²) < 4.78 is 12.8. The minimum atomic E-state index is -3.70. The number of carbonyl (C=O) groups is 1. The van der Waals surface area contributed by atoms with Crippen molar-refractivity contribution in [3.8, 4) is 0 Å². The van der Waals surface area contributed by atoms with Crippen LogP contribution in [0, 0.1) is 0 Å². The lowest BCUT2D eigenvalue weighted by atomic mass is 9.83. The van der Waals surface area contributed by atoms with E-state index in [9.17, 15) is 19.4 Å². The fourth-order valence-corrected chi connectivity index (χ4v) is 5.43. The molecule has 0 amide bonds. The third-order valence-corrected chi connectivity index (χ3v) is 6.68. The Morgan fingerprint density at radius 2 is 1.58 bits per heavy atom. The Morgan fingerprint density at radius 1 is 0.962 bits per heavy atom.